The molecule has 0 spiro atoms. The average molecular weight is 314 g/mol. The quantitative estimate of drug-likeness (QED) is 0.801. The van der Waals surface area contributed by atoms with Crippen LogP contribution in [0.2, 0.25) is 0 Å². The molecule has 1 aromatic rings. The van der Waals surface area contributed by atoms with Crippen molar-refractivity contribution >= 4 is 21.9 Å². The molecule has 0 saturated carbocycles. The molecule has 0 aliphatic carbocycles. The van der Waals surface area contributed by atoms with Crippen LogP contribution in [0.5, 0.6) is 5.88 Å². The number of ether oxygens (including phenoxy) is 1. The zero-order valence-electron chi connectivity index (χ0n) is 11.0. The topological polar surface area (TPSA) is 38.2 Å². The Hall–Kier alpha value is -0.840. The van der Waals surface area contributed by atoms with Crippen LogP contribution in [0.4, 0.5) is 5.95 Å². The molecule has 2 rings (SSSR count). The second-order valence-electron chi connectivity index (χ2n) is 4.86. The van der Waals surface area contributed by atoms with Crippen LogP contribution in [-0.2, 0) is 0 Å². The fourth-order valence-electron chi connectivity index (χ4n) is 2.20. The third-order valence-corrected chi connectivity index (χ3v) is 3.78. The molecule has 0 aromatic carbocycles. The minimum absolute atomic E-state index is 0.140. The van der Waals surface area contributed by atoms with E-state index in [4.69, 9.17) is 4.74 Å². The zero-order valence-corrected chi connectivity index (χ0v) is 12.6. The second kappa shape index (κ2) is 6.36. The lowest BCUT2D eigenvalue weighted by Crippen LogP contribution is -2.41. The van der Waals surface area contributed by atoms with Gasteiger partial charge in [-0.05, 0) is 33.1 Å². The fraction of sp³-hybridized carbons (Fsp3) is 0.692. The summed E-state index contributed by atoms with van der Waals surface area (Å²) in [5.74, 6) is 1.45. The van der Waals surface area contributed by atoms with Gasteiger partial charge in [-0.2, -0.15) is 4.98 Å². The van der Waals surface area contributed by atoms with E-state index in [2.05, 4.69) is 30.8 Å². The molecule has 1 unspecified atom stereocenters. The first-order chi connectivity index (χ1) is 8.70. The van der Waals surface area contributed by atoms with E-state index in [1.165, 1.54) is 19.3 Å². The first-order valence-corrected chi connectivity index (χ1v) is 7.65. The normalized spacial score (nSPS) is 20.2. The van der Waals surface area contributed by atoms with Crippen LogP contribution < -0.4 is 9.64 Å². The Morgan fingerprint density at radius 2 is 2.33 bits per heavy atom. The van der Waals surface area contributed by atoms with E-state index in [0.29, 0.717) is 11.9 Å². The van der Waals surface area contributed by atoms with Gasteiger partial charge in [0.2, 0.25) is 11.8 Å². The predicted molar refractivity (Wildman–Crippen MR) is 76.6 cm³/mol. The van der Waals surface area contributed by atoms with Gasteiger partial charge in [0, 0.05) is 30.2 Å². The van der Waals surface area contributed by atoms with Gasteiger partial charge in [0.25, 0.3) is 0 Å². The maximum absolute atomic E-state index is 5.63. The summed E-state index contributed by atoms with van der Waals surface area (Å²) in [5, 5.41) is 0.964. The van der Waals surface area contributed by atoms with E-state index in [1.54, 1.807) is 6.20 Å². The van der Waals surface area contributed by atoms with Crippen LogP contribution in [0.15, 0.2) is 12.3 Å². The lowest BCUT2D eigenvalue weighted by Gasteiger charge is -2.34. The highest BCUT2D eigenvalue weighted by molar-refractivity contribution is 9.09. The van der Waals surface area contributed by atoms with Crippen LogP contribution in [0.3, 0.4) is 0 Å². The summed E-state index contributed by atoms with van der Waals surface area (Å²) in [5.41, 5.74) is 0. The zero-order chi connectivity index (χ0) is 13.0. The average Bonchev–Trinajstić information content (AvgIpc) is 2.38. The van der Waals surface area contributed by atoms with Crippen molar-refractivity contribution in [2.45, 2.75) is 45.3 Å². The molecule has 5 heteroatoms. The van der Waals surface area contributed by atoms with Gasteiger partial charge >= 0.3 is 0 Å². The number of rotatable bonds is 4. The van der Waals surface area contributed by atoms with Gasteiger partial charge in [-0.15, -0.1) is 0 Å². The molecule has 0 bridgehead atoms. The Bertz CT molecular complexity index is 386. The Kier molecular flexibility index (Phi) is 4.80. The van der Waals surface area contributed by atoms with E-state index < -0.39 is 0 Å². The van der Waals surface area contributed by atoms with Gasteiger partial charge in [0.1, 0.15) is 0 Å². The van der Waals surface area contributed by atoms with Crippen molar-refractivity contribution in [3.63, 3.8) is 0 Å². The van der Waals surface area contributed by atoms with Gasteiger partial charge in [0.05, 0.1) is 6.10 Å². The Morgan fingerprint density at radius 3 is 3.06 bits per heavy atom. The number of hydrogen-bond donors (Lipinski definition) is 0. The number of alkyl halides is 1. The standard InChI is InChI=1S/C13H20BrN3O/c1-10(2)18-12-6-7-15-13(16-12)17-8-4-3-5-11(17)9-14/h6-7,10-11H,3-5,8-9H2,1-2H3. The number of nitrogens with zero attached hydrogens (tertiary/aromatic N) is 3. The second-order valence-corrected chi connectivity index (χ2v) is 5.51. The fourth-order valence-corrected chi connectivity index (χ4v) is 2.88. The molecule has 1 aromatic heterocycles. The minimum atomic E-state index is 0.140. The number of halogens is 1. The highest BCUT2D eigenvalue weighted by Crippen LogP contribution is 2.24. The number of aromatic nitrogens is 2. The van der Waals surface area contributed by atoms with Gasteiger partial charge in [-0.1, -0.05) is 15.9 Å². The summed E-state index contributed by atoms with van der Waals surface area (Å²) < 4.78 is 5.63. The summed E-state index contributed by atoms with van der Waals surface area (Å²) in [6.45, 7) is 5.04. The highest BCUT2D eigenvalue weighted by atomic mass is 79.9. The molecule has 4 nitrogen and oxygen atoms in total. The van der Waals surface area contributed by atoms with E-state index >= 15 is 0 Å². The summed E-state index contributed by atoms with van der Waals surface area (Å²) in [6, 6.07) is 2.31. The van der Waals surface area contributed by atoms with Gasteiger partial charge in [0.15, 0.2) is 0 Å². The summed E-state index contributed by atoms with van der Waals surface area (Å²) in [6.07, 6.45) is 5.61. The Morgan fingerprint density at radius 1 is 1.50 bits per heavy atom. The molecule has 1 aliphatic rings. The van der Waals surface area contributed by atoms with Crippen molar-refractivity contribution in [1.29, 1.82) is 0 Å². The van der Waals surface area contributed by atoms with Gasteiger partial charge in [-0.25, -0.2) is 4.98 Å². The predicted octanol–water partition coefficient (Wildman–Crippen LogP) is 3.02. The SMILES string of the molecule is CC(C)Oc1ccnc(N2CCCCC2CBr)n1. The van der Waals surface area contributed by atoms with Gasteiger partial charge < -0.3 is 9.64 Å². The number of hydrogen-bond acceptors (Lipinski definition) is 4. The van der Waals surface area contributed by atoms with E-state index in [-0.39, 0.29) is 6.10 Å². The first kappa shape index (κ1) is 13.6. The van der Waals surface area contributed by atoms with Crippen LogP contribution in [-0.4, -0.2) is 34.0 Å². The molecule has 2 heterocycles. The monoisotopic (exact) mass is 313 g/mol. The molecule has 1 aliphatic heterocycles. The lowest BCUT2D eigenvalue weighted by atomic mass is 10.0. The van der Waals surface area contributed by atoms with Crippen molar-refractivity contribution in [2.24, 2.45) is 0 Å². The van der Waals surface area contributed by atoms with Gasteiger partial charge in [-0.3, -0.25) is 0 Å². The van der Waals surface area contributed by atoms with Crippen LogP contribution in [0.25, 0.3) is 0 Å². The third-order valence-electron chi connectivity index (χ3n) is 3.04. The van der Waals surface area contributed by atoms with Crippen molar-refractivity contribution in [2.75, 3.05) is 16.8 Å². The molecular weight excluding hydrogens is 294 g/mol. The first-order valence-electron chi connectivity index (χ1n) is 6.53. The smallest absolute Gasteiger partial charge is 0.228 e. The van der Waals surface area contributed by atoms with Crippen molar-refractivity contribution in [1.82, 2.24) is 9.97 Å². The number of piperidine rings is 1. The summed E-state index contributed by atoms with van der Waals surface area (Å²) >= 11 is 3.58. The summed E-state index contributed by atoms with van der Waals surface area (Å²) in [7, 11) is 0. The summed E-state index contributed by atoms with van der Waals surface area (Å²) in [4.78, 5) is 11.2. The molecule has 1 atom stereocenters. The van der Waals surface area contributed by atoms with Crippen molar-refractivity contribution in [3.05, 3.63) is 12.3 Å². The molecule has 1 saturated heterocycles. The molecular formula is C13H20BrN3O. The van der Waals surface area contributed by atoms with E-state index in [1.807, 2.05) is 19.9 Å². The molecule has 0 radical (unpaired) electrons. The lowest BCUT2D eigenvalue weighted by molar-refractivity contribution is 0.232. The third kappa shape index (κ3) is 3.34. The van der Waals surface area contributed by atoms with Crippen molar-refractivity contribution < 1.29 is 4.74 Å². The highest BCUT2D eigenvalue weighted by Gasteiger charge is 2.23. The Labute approximate surface area is 117 Å². The number of anilines is 1. The van der Waals surface area contributed by atoms with Crippen LogP contribution in [0, 0.1) is 0 Å². The molecule has 1 fully saturated rings. The van der Waals surface area contributed by atoms with E-state index in [0.717, 1.165) is 17.8 Å². The molecule has 18 heavy (non-hydrogen) atoms. The Balaban J connectivity index is 2.15. The largest absolute Gasteiger partial charge is 0.475 e. The van der Waals surface area contributed by atoms with Crippen molar-refractivity contribution in [3.8, 4) is 5.88 Å². The van der Waals surface area contributed by atoms with Crippen LogP contribution in [0.1, 0.15) is 33.1 Å². The minimum Gasteiger partial charge on any atom is -0.475 e. The molecule has 0 N–H and O–H groups in total. The van der Waals surface area contributed by atoms with E-state index in [9.17, 15) is 0 Å². The maximum Gasteiger partial charge on any atom is 0.228 e. The molecule has 0 amide bonds. The molecule has 100 valence electrons. The van der Waals surface area contributed by atoms with Crippen LogP contribution >= 0.6 is 15.9 Å². The maximum atomic E-state index is 5.63.